The maximum Gasteiger partial charge on any atom is 0.0409 e. The molecule has 0 saturated carbocycles. The van der Waals surface area contributed by atoms with Gasteiger partial charge in [-0.15, -0.1) is 0 Å². The first-order valence-corrected chi connectivity index (χ1v) is 14.7. The maximum atomic E-state index is 3.73. The molecular weight excluding hydrogens is 465 g/mol. The minimum Gasteiger partial charge on any atom is -0.362 e. The Morgan fingerprint density at radius 1 is 0.865 bits per heavy atom. The number of aryl methyl sites for hydroxylation is 5. The number of nitrogens with one attached hydrogen (secondary N) is 1. The highest BCUT2D eigenvalue weighted by Gasteiger charge is 2.07. The molecule has 0 bridgehead atoms. The lowest BCUT2D eigenvalue weighted by atomic mass is 10.0. The first-order valence-electron chi connectivity index (χ1n) is 13.5. The Balaban J connectivity index is 0.000000519. The Morgan fingerprint density at radius 2 is 1.46 bits per heavy atom. The highest BCUT2D eigenvalue weighted by Crippen LogP contribution is 2.27. The summed E-state index contributed by atoms with van der Waals surface area (Å²) in [6, 6.07) is 20.0. The zero-order valence-electron chi connectivity index (χ0n) is 24.6. The van der Waals surface area contributed by atoms with Crippen LogP contribution in [-0.4, -0.2) is 0 Å². The zero-order valence-corrected chi connectivity index (χ0v) is 25.6. The third-order valence-electron chi connectivity index (χ3n) is 6.07. The van der Waals surface area contributed by atoms with E-state index < -0.39 is 0 Å². The van der Waals surface area contributed by atoms with E-state index in [-0.39, 0.29) is 0 Å². The van der Waals surface area contributed by atoms with Gasteiger partial charge in [-0.1, -0.05) is 108 Å². The van der Waals surface area contributed by atoms with Crippen molar-refractivity contribution in [3.05, 3.63) is 125 Å². The van der Waals surface area contributed by atoms with E-state index in [1.54, 1.807) is 6.20 Å². The van der Waals surface area contributed by atoms with Crippen molar-refractivity contribution in [2.45, 2.75) is 74.9 Å². The van der Waals surface area contributed by atoms with E-state index in [4.69, 9.17) is 0 Å². The first-order chi connectivity index (χ1) is 17.8. The lowest BCUT2D eigenvalue weighted by Crippen LogP contribution is -2.07. The zero-order chi connectivity index (χ0) is 27.8. The third-order valence-corrected chi connectivity index (χ3v) is 7.80. The van der Waals surface area contributed by atoms with Crippen LogP contribution in [0.5, 0.6) is 0 Å². The van der Waals surface area contributed by atoms with Crippen LogP contribution in [0.1, 0.15) is 73.6 Å². The van der Waals surface area contributed by atoms with Crippen LogP contribution in [0, 0.1) is 27.7 Å². The lowest BCUT2D eigenvalue weighted by molar-refractivity contribution is 1.14. The van der Waals surface area contributed by atoms with Crippen LogP contribution in [0.15, 0.2) is 85.6 Å². The molecule has 0 radical (unpaired) electrons. The molecular formula is C35H48NP. The van der Waals surface area contributed by atoms with Crippen LogP contribution < -0.4 is 10.6 Å². The summed E-state index contributed by atoms with van der Waals surface area (Å²) in [5, 5.41) is 4.68. The number of hydrogen-bond donors (Lipinski definition) is 1. The highest BCUT2D eigenvalue weighted by atomic mass is 31.1. The quantitative estimate of drug-likeness (QED) is 0.233. The Bertz CT molecular complexity index is 1140. The minimum atomic E-state index is 0.791. The fourth-order valence-corrected chi connectivity index (χ4v) is 5.23. The highest BCUT2D eigenvalue weighted by molar-refractivity contribution is 7.46. The van der Waals surface area contributed by atoms with Crippen LogP contribution in [0.4, 0.5) is 5.69 Å². The number of hydrogen-bond acceptors (Lipinski definition) is 1. The van der Waals surface area contributed by atoms with Crippen molar-refractivity contribution in [2.24, 2.45) is 0 Å². The molecule has 3 aromatic rings. The molecule has 0 spiro atoms. The SMILES string of the molecule is C=CNc1ccc(CPc2c(C)cc(/C(C)=C/C=C\C)cc2C)cc1C.CC.CCc1ccc(C)cc1. The van der Waals surface area contributed by atoms with Crippen molar-refractivity contribution < 1.29 is 0 Å². The molecule has 37 heavy (non-hydrogen) atoms. The summed E-state index contributed by atoms with van der Waals surface area (Å²) in [4.78, 5) is 0. The van der Waals surface area contributed by atoms with Gasteiger partial charge in [-0.05, 0) is 111 Å². The molecule has 3 rings (SSSR count). The third kappa shape index (κ3) is 10.9. The van der Waals surface area contributed by atoms with Crippen molar-refractivity contribution >= 4 is 25.1 Å². The van der Waals surface area contributed by atoms with E-state index in [1.807, 2.05) is 20.8 Å². The summed E-state index contributed by atoms with van der Waals surface area (Å²) >= 11 is 0. The summed E-state index contributed by atoms with van der Waals surface area (Å²) in [7, 11) is 0.791. The Morgan fingerprint density at radius 3 is 1.97 bits per heavy atom. The van der Waals surface area contributed by atoms with Gasteiger partial charge < -0.3 is 5.32 Å². The fourth-order valence-electron chi connectivity index (χ4n) is 3.93. The molecule has 0 aliphatic carbocycles. The molecule has 0 heterocycles. The van der Waals surface area contributed by atoms with Crippen molar-refractivity contribution in [3.63, 3.8) is 0 Å². The van der Waals surface area contributed by atoms with Gasteiger partial charge in [0.2, 0.25) is 0 Å². The van der Waals surface area contributed by atoms with Gasteiger partial charge in [0.25, 0.3) is 0 Å². The maximum absolute atomic E-state index is 3.73. The molecule has 0 fully saturated rings. The average molecular weight is 514 g/mol. The predicted molar refractivity (Wildman–Crippen MR) is 173 cm³/mol. The van der Waals surface area contributed by atoms with Crippen molar-refractivity contribution in [1.82, 2.24) is 0 Å². The van der Waals surface area contributed by atoms with E-state index in [0.717, 1.165) is 26.9 Å². The van der Waals surface area contributed by atoms with Crippen LogP contribution in [0.3, 0.4) is 0 Å². The van der Waals surface area contributed by atoms with Crippen molar-refractivity contribution in [3.8, 4) is 0 Å². The van der Waals surface area contributed by atoms with Gasteiger partial charge in [-0.3, -0.25) is 0 Å². The Labute approximate surface area is 229 Å². The number of benzene rings is 3. The first kappa shape index (κ1) is 32.1. The summed E-state index contributed by atoms with van der Waals surface area (Å²) in [5.74, 6) is 0. The number of allylic oxidation sites excluding steroid dienone is 4. The number of anilines is 1. The van der Waals surface area contributed by atoms with Gasteiger partial charge in [0.05, 0.1) is 0 Å². The molecule has 1 N–H and O–H groups in total. The van der Waals surface area contributed by atoms with Gasteiger partial charge in [-0.25, -0.2) is 0 Å². The smallest absolute Gasteiger partial charge is 0.0409 e. The molecule has 1 unspecified atom stereocenters. The lowest BCUT2D eigenvalue weighted by Gasteiger charge is -2.14. The van der Waals surface area contributed by atoms with Crippen LogP contribution in [-0.2, 0) is 12.6 Å². The van der Waals surface area contributed by atoms with E-state index >= 15 is 0 Å². The van der Waals surface area contributed by atoms with Gasteiger partial charge in [0.15, 0.2) is 0 Å². The van der Waals surface area contributed by atoms with Crippen LogP contribution >= 0.6 is 8.58 Å². The summed E-state index contributed by atoms with van der Waals surface area (Å²) in [6.45, 7) is 22.9. The van der Waals surface area contributed by atoms with E-state index in [9.17, 15) is 0 Å². The van der Waals surface area contributed by atoms with Gasteiger partial charge in [-0.2, -0.15) is 0 Å². The van der Waals surface area contributed by atoms with Gasteiger partial charge in [0, 0.05) is 5.69 Å². The molecule has 0 amide bonds. The minimum absolute atomic E-state index is 0.791. The molecule has 0 aliphatic heterocycles. The largest absolute Gasteiger partial charge is 0.362 e. The monoisotopic (exact) mass is 513 g/mol. The molecule has 1 nitrogen and oxygen atoms in total. The Hall–Kier alpha value is -2.89. The van der Waals surface area contributed by atoms with Gasteiger partial charge >= 0.3 is 0 Å². The Kier molecular flexibility index (Phi) is 15.2. The number of rotatable bonds is 8. The molecule has 2 heteroatoms. The van der Waals surface area contributed by atoms with Crippen LogP contribution in [0.25, 0.3) is 5.57 Å². The summed E-state index contributed by atoms with van der Waals surface area (Å²) < 4.78 is 0. The topological polar surface area (TPSA) is 12.0 Å². The second-order valence-corrected chi connectivity index (χ2v) is 10.3. The van der Waals surface area contributed by atoms with E-state index in [2.05, 4.69) is 126 Å². The van der Waals surface area contributed by atoms with E-state index in [0.29, 0.717) is 0 Å². The standard InChI is InChI=1S/C24H30NP.C9H12.C2H6/c1-7-9-10-17(3)22-14-19(5)24(20(6)15-22)26-16-21-11-12-23(25-8-2)18(4)13-21;1-3-9-6-4-8(2)5-7-9;1-2/h7-15,25-26H,2,16H2,1,3-6H3;4-7H,3H2,1-2H3;1-2H3/b9-7-,17-10+;;. The predicted octanol–water partition coefficient (Wildman–Crippen LogP) is 10.2. The molecule has 1 atom stereocenters. The summed E-state index contributed by atoms with van der Waals surface area (Å²) in [5.41, 5.74) is 12.0. The van der Waals surface area contributed by atoms with Gasteiger partial charge in [0.1, 0.15) is 0 Å². The van der Waals surface area contributed by atoms with Crippen molar-refractivity contribution in [1.29, 1.82) is 0 Å². The van der Waals surface area contributed by atoms with Crippen LogP contribution in [0.2, 0.25) is 0 Å². The van der Waals surface area contributed by atoms with Crippen molar-refractivity contribution in [2.75, 3.05) is 5.32 Å². The molecule has 0 aromatic heterocycles. The summed E-state index contributed by atoms with van der Waals surface area (Å²) in [6.07, 6.45) is 10.3. The molecule has 3 aromatic carbocycles. The van der Waals surface area contributed by atoms with E-state index in [1.165, 1.54) is 49.8 Å². The molecule has 0 saturated heterocycles. The second kappa shape index (κ2) is 17.5. The average Bonchev–Trinajstić information content (AvgIpc) is 2.90. The second-order valence-electron chi connectivity index (χ2n) is 9.05. The normalized spacial score (nSPS) is 11.1. The fraction of sp³-hybridized carbons (Fsp3) is 0.314. The molecule has 0 aliphatic rings. The molecule has 198 valence electrons.